The summed E-state index contributed by atoms with van der Waals surface area (Å²) in [6.07, 6.45) is 4.32. The maximum atomic E-state index is 2.45. The van der Waals surface area contributed by atoms with E-state index in [0.717, 1.165) is 11.8 Å². The summed E-state index contributed by atoms with van der Waals surface area (Å²) in [7, 11) is 0. The van der Waals surface area contributed by atoms with Crippen LogP contribution in [0.1, 0.15) is 47.0 Å². The molecule has 68 valence electrons. The van der Waals surface area contributed by atoms with Crippen LogP contribution in [0.5, 0.6) is 0 Å². The molecule has 0 saturated heterocycles. The summed E-state index contributed by atoms with van der Waals surface area (Å²) in [6.45, 7) is 9.47. The van der Waals surface area contributed by atoms with E-state index in [1.807, 2.05) is 0 Å². The van der Waals surface area contributed by atoms with Crippen LogP contribution in [0, 0.1) is 17.3 Å². The second-order valence-electron chi connectivity index (χ2n) is 5.37. The number of rotatable bonds is 0. The first kappa shape index (κ1) is 8.34. The van der Waals surface area contributed by atoms with E-state index in [2.05, 4.69) is 27.7 Å². The maximum absolute atomic E-state index is 2.45. The van der Waals surface area contributed by atoms with Crippen LogP contribution in [0.2, 0.25) is 0 Å². The highest BCUT2D eigenvalue weighted by Crippen LogP contribution is 2.61. The minimum Gasteiger partial charge on any atom is -0.0769 e. The lowest BCUT2D eigenvalue weighted by Gasteiger charge is -2.58. The summed E-state index contributed by atoms with van der Waals surface area (Å²) in [5.41, 5.74) is 4.00. The molecule has 3 aliphatic carbocycles. The average molecular weight is 164 g/mol. The highest BCUT2D eigenvalue weighted by Gasteiger charge is 2.52. The Morgan fingerprint density at radius 2 is 2.00 bits per heavy atom. The van der Waals surface area contributed by atoms with Crippen LogP contribution in [0.25, 0.3) is 0 Å². The second kappa shape index (κ2) is 2.37. The topological polar surface area (TPSA) is 0 Å². The van der Waals surface area contributed by atoms with E-state index < -0.39 is 0 Å². The molecule has 2 unspecified atom stereocenters. The summed E-state index contributed by atoms with van der Waals surface area (Å²) in [4.78, 5) is 0. The number of allylic oxidation sites excluding steroid dienone is 2. The highest BCUT2D eigenvalue weighted by molar-refractivity contribution is 5.25. The van der Waals surface area contributed by atoms with Crippen LogP contribution in [-0.2, 0) is 0 Å². The lowest BCUT2D eigenvalue weighted by molar-refractivity contribution is -0.0285. The molecule has 0 aliphatic heterocycles. The van der Waals surface area contributed by atoms with Crippen molar-refractivity contribution >= 4 is 0 Å². The zero-order valence-corrected chi connectivity index (χ0v) is 8.78. The van der Waals surface area contributed by atoms with Crippen molar-refractivity contribution in [2.45, 2.75) is 47.0 Å². The Morgan fingerprint density at radius 3 is 2.33 bits per heavy atom. The van der Waals surface area contributed by atoms with Gasteiger partial charge in [0, 0.05) is 0 Å². The molecule has 3 rings (SSSR count). The van der Waals surface area contributed by atoms with Crippen molar-refractivity contribution in [1.29, 1.82) is 0 Å². The molecule has 3 aliphatic rings. The number of fused-ring (bicyclic) bond motifs is 2. The van der Waals surface area contributed by atoms with Crippen molar-refractivity contribution in [3.05, 3.63) is 11.1 Å². The summed E-state index contributed by atoms with van der Waals surface area (Å²) < 4.78 is 0. The van der Waals surface area contributed by atoms with Gasteiger partial charge in [0.15, 0.2) is 0 Å². The van der Waals surface area contributed by atoms with Crippen molar-refractivity contribution in [3.8, 4) is 0 Å². The van der Waals surface area contributed by atoms with Crippen LogP contribution in [0.15, 0.2) is 11.1 Å². The number of hydrogen-bond donors (Lipinski definition) is 0. The molecule has 3 fully saturated rings. The molecule has 12 heavy (non-hydrogen) atoms. The van der Waals surface area contributed by atoms with Crippen LogP contribution in [-0.4, -0.2) is 0 Å². The van der Waals surface area contributed by atoms with Crippen LogP contribution in [0.3, 0.4) is 0 Å². The van der Waals surface area contributed by atoms with Gasteiger partial charge < -0.3 is 0 Å². The molecular formula is C12H20. The van der Waals surface area contributed by atoms with Gasteiger partial charge in [-0.3, -0.25) is 0 Å². The first-order valence-corrected chi connectivity index (χ1v) is 5.19. The first-order valence-electron chi connectivity index (χ1n) is 5.19. The molecule has 0 nitrogen and oxygen atoms in total. The van der Waals surface area contributed by atoms with Gasteiger partial charge in [0.25, 0.3) is 0 Å². The molecule has 0 N–H and O–H groups in total. The van der Waals surface area contributed by atoms with Crippen LogP contribution < -0.4 is 0 Å². The zero-order valence-electron chi connectivity index (χ0n) is 8.78. The quantitative estimate of drug-likeness (QED) is 0.478. The van der Waals surface area contributed by atoms with E-state index in [1.165, 1.54) is 19.3 Å². The van der Waals surface area contributed by atoms with Gasteiger partial charge in [-0.25, -0.2) is 0 Å². The fourth-order valence-corrected chi connectivity index (χ4v) is 3.20. The van der Waals surface area contributed by atoms with Crippen molar-refractivity contribution < 1.29 is 0 Å². The molecule has 3 saturated carbocycles. The third-order valence-corrected chi connectivity index (χ3v) is 4.30. The van der Waals surface area contributed by atoms with Gasteiger partial charge in [0.2, 0.25) is 0 Å². The van der Waals surface area contributed by atoms with E-state index in [-0.39, 0.29) is 0 Å². The van der Waals surface area contributed by atoms with E-state index in [9.17, 15) is 0 Å². The summed E-state index contributed by atoms with van der Waals surface area (Å²) in [5, 5.41) is 0. The smallest absolute Gasteiger partial charge is 0.0144 e. The highest BCUT2D eigenvalue weighted by atomic mass is 14.6. The zero-order chi connectivity index (χ0) is 8.93. The predicted molar refractivity (Wildman–Crippen MR) is 53.0 cm³/mol. The first-order chi connectivity index (χ1) is 5.53. The third-order valence-electron chi connectivity index (χ3n) is 4.30. The van der Waals surface area contributed by atoms with Gasteiger partial charge in [0.1, 0.15) is 0 Å². The Hall–Kier alpha value is -0.260. The van der Waals surface area contributed by atoms with Crippen molar-refractivity contribution in [2.24, 2.45) is 17.3 Å². The summed E-state index contributed by atoms with van der Waals surface area (Å²) in [5.74, 6) is 1.96. The maximum Gasteiger partial charge on any atom is -0.0144 e. The predicted octanol–water partition coefficient (Wildman–Crippen LogP) is 3.78. The van der Waals surface area contributed by atoms with Gasteiger partial charge >= 0.3 is 0 Å². The van der Waals surface area contributed by atoms with Gasteiger partial charge in [-0.2, -0.15) is 0 Å². The molecule has 0 spiro atoms. The Labute approximate surface area is 76.1 Å². The van der Waals surface area contributed by atoms with Crippen LogP contribution >= 0.6 is 0 Å². The molecule has 0 heteroatoms. The van der Waals surface area contributed by atoms with Gasteiger partial charge in [0.05, 0.1) is 0 Å². The van der Waals surface area contributed by atoms with Gasteiger partial charge in [-0.1, -0.05) is 25.0 Å². The Kier molecular flexibility index (Phi) is 1.65. The molecule has 0 aromatic carbocycles. The van der Waals surface area contributed by atoms with Gasteiger partial charge in [-0.15, -0.1) is 0 Å². The minimum absolute atomic E-state index is 0.630. The molecule has 0 radical (unpaired) electrons. The lowest BCUT2D eigenvalue weighted by Crippen LogP contribution is -2.49. The lowest BCUT2D eigenvalue weighted by atomic mass is 9.47. The third kappa shape index (κ3) is 0.901. The van der Waals surface area contributed by atoms with Crippen molar-refractivity contribution in [1.82, 2.24) is 0 Å². The molecule has 2 atom stereocenters. The Bertz CT molecular complexity index is 226. The van der Waals surface area contributed by atoms with Gasteiger partial charge in [-0.05, 0) is 50.4 Å². The van der Waals surface area contributed by atoms with E-state index in [0.29, 0.717) is 5.41 Å². The van der Waals surface area contributed by atoms with E-state index in [1.54, 1.807) is 11.1 Å². The average Bonchev–Trinajstić information content (AvgIpc) is 2.04. The SMILES string of the molecule is CC(C)=C1CCC2CC1C2(C)C. The van der Waals surface area contributed by atoms with Crippen molar-refractivity contribution in [3.63, 3.8) is 0 Å². The molecule has 0 amide bonds. The standard InChI is InChI=1S/C12H20/c1-8(2)10-6-5-9-7-11(10)12(9,3)4/h9,11H,5-7H2,1-4H3. The molecule has 2 bridgehead atoms. The van der Waals surface area contributed by atoms with E-state index >= 15 is 0 Å². The van der Waals surface area contributed by atoms with E-state index in [4.69, 9.17) is 0 Å². The minimum atomic E-state index is 0.630. The fraction of sp³-hybridized carbons (Fsp3) is 0.833. The molecule has 0 aromatic heterocycles. The summed E-state index contributed by atoms with van der Waals surface area (Å²) >= 11 is 0. The monoisotopic (exact) mass is 164 g/mol. The second-order valence-corrected chi connectivity index (χ2v) is 5.37. The Morgan fingerprint density at radius 1 is 1.33 bits per heavy atom. The fourth-order valence-electron chi connectivity index (χ4n) is 3.20. The Balaban J connectivity index is 2.28. The summed E-state index contributed by atoms with van der Waals surface area (Å²) in [6, 6.07) is 0. The number of hydrogen-bond acceptors (Lipinski definition) is 0. The molecule has 0 aromatic rings. The molecule has 0 heterocycles. The largest absolute Gasteiger partial charge is 0.0769 e. The molecular weight excluding hydrogens is 144 g/mol. The van der Waals surface area contributed by atoms with Crippen LogP contribution in [0.4, 0.5) is 0 Å². The normalized spacial score (nSPS) is 37.5. The van der Waals surface area contributed by atoms with Crippen molar-refractivity contribution in [2.75, 3.05) is 0 Å².